The Balaban J connectivity index is 1.59. The maximum absolute atomic E-state index is 13.1. The summed E-state index contributed by atoms with van der Waals surface area (Å²) in [6.07, 6.45) is -1.37. The van der Waals surface area contributed by atoms with Crippen LogP contribution >= 0.6 is 22.9 Å². The van der Waals surface area contributed by atoms with Crippen LogP contribution in [0.3, 0.4) is 0 Å². The van der Waals surface area contributed by atoms with Gasteiger partial charge in [-0.05, 0) is 47.4 Å². The lowest BCUT2D eigenvalue weighted by atomic mass is 10.1. The van der Waals surface area contributed by atoms with Crippen molar-refractivity contribution in [2.75, 3.05) is 5.32 Å². The van der Waals surface area contributed by atoms with E-state index in [0.717, 1.165) is 23.3 Å². The molecule has 1 amide bonds. The number of nitrogens with zero attached hydrogens (tertiary/aromatic N) is 2. The molecule has 33 heavy (non-hydrogen) atoms. The van der Waals surface area contributed by atoms with Gasteiger partial charge in [-0.15, -0.1) is 11.3 Å². The van der Waals surface area contributed by atoms with Crippen LogP contribution in [-0.4, -0.2) is 15.6 Å². The molecule has 0 fully saturated rings. The Morgan fingerprint density at radius 3 is 2.58 bits per heavy atom. The Hall–Kier alpha value is -3.30. The van der Waals surface area contributed by atoms with Crippen molar-refractivity contribution < 1.29 is 22.7 Å². The van der Waals surface area contributed by atoms with Crippen molar-refractivity contribution in [2.24, 2.45) is 0 Å². The van der Waals surface area contributed by atoms with Crippen LogP contribution < -0.4 is 10.1 Å². The van der Waals surface area contributed by atoms with Crippen LogP contribution in [0.2, 0.25) is 5.02 Å². The van der Waals surface area contributed by atoms with Gasteiger partial charge < -0.3 is 9.30 Å². The van der Waals surface area contributed by atoms with E-state index in [4.69, 9.17) is 16.3 Å². The van der Waals surface area contributed by atoms with Gasteiger partial charge in [-0.3, -0.25) is 5.32 Å². The Bertz CT molecular complexity index is 1240. The van der Waals surface area contributed by atoms with E-state index in [-0.39, 0.29) is 12.4 Å². The summed E-state index contributed by atoms with van der Waals surface area (Å²) in [6.45, 7) is 0.0877. The van der Waals surface area contributed by atoms with Gasteiger partial charge in [-0.25, -0.2) is 9.78 Å². The first-order valence-corrected chi connectivity index (χ1v) is 11.0. The number of aromatic nitrogens is 2. The summed E-state index contributed by atoms with van der Waals surface area (Å²) in [5.74, 6) is 0.199. The van der Waals surface area contributed by atoms with E-state index in [9.17, 15) is 18.0 Å². The standard InChI is InChI=1S/C23H17ClF3N3O2S/c24-19-6-4-15(5-7-19)10-17-12-20(32-22(31)29-21-28-8-9-33-21)30(14-17)13-16-2-1-3-18(11-16)23(25,26)27/h1-9,11-12,14H,10,13H2,(H,28,29,31). The van der Waals surface area contributed by atoms with E-state index in [1.165, 1.54) is 17.4 Å². The molecule has 2 heterocycles. The number of thiazole rings is 1. The smallest absolute Gasteiger partial charge is 0.393 e. The lowest BCUT2D eigenvalue weighted by molar-refractivity contribution is -0.137. The number of benzene rings is 2. The second-order valence-corrected chi connectivity index (χ2v) is 8.50. The third-order valence-corrected chi connectivity index (χ3v) is 5.62. The summed E-state index contributed by atoms with van der Waals surface area (Å²) >= 11 is 7.18. The van der Waals surface area contributed by atoms with Gasteiger partial charge in [0.1, 0.15) is 0 Å². The molecular formula is C23H17ClF3N3O2S. The number of halogens is 4. The number of alkyl halides is 3. The predicted molar refractivity (Wildman–Crippen MR) is 121 cm³/mol. The van der Waals surface area contributed by atoms with E-state index >= 15 is 0 Å². The van der Waals surface area contributed by atoms with E-state index < -0.39 is 17.8 Å². The van der Waals surface area contributed by atoms with Gasteiger partial charge in [0.2, 0.25) is 5.88 Å². The van der Waals surface area contributed by atoms with Crippen LogP contribution in [-0.2, 0) is 19.1 Å². The van der Waals surface area contributed by atoms with E-state index in [0.29, 0.717) is 22.1 Å². The molecule has 2 aromatic carbocycles. The molecule has 1 N–H and O–H groups in total. The Kier molecular flexibility index (Phi) is 6.71. The molecule has 0 unspecified atom stereocenters. The maximum Gasteiger partial charge on any atom is 0.420 e. The summed E-state index contributed by atoms with van der Waals surface area (Å²) in [7, 11) is 0. The molecule has 0 aliphatic rings. The molecule has 0 saturated carbocycles. The molecule has 5 nitrogen and oxygen atoms in total. The fraction of sp³-hybridized carbons (Fsp3) is 0.130. The molecule has 4 aromatic rings. The topological polar surface area (TPSA) is 56.1 Å². The van der Waals surface area contributed by atoms with Crippen molar-refractivity contribution in [3.63, 3.8) is 0 Å². The minimum Gasteiger partial charge on any atom is -0.393 e. The van der Waals surface area contributed by atoms with Crippen LogP contribution in [0, 0.1) is 0 Å². The fourth-order valence-corrected chi connectivity index (χ4v) is 3.87. The highest BCUT2D eigenvalue weighted by atomic mass is 35.5. The number of rotatable bonds is 6. The fourth-order valence-electron chi connectivity index (χ4n) is 3.22. The minimum absolute atomic E-state index is 0.0877. The molecule has 0 saturated heterocycles. The van der Waals surface area contributed by atoms with Crippen molar-refractivity contribution in [2.45, 2.75) is 19.1 Å². The SMILES string of the molecule is O=C(Nc1nccs1)Oc1cc(Cc2ccc(Cl)cc2)cn1Cc1cccc(C(F)(F)F)c1. The average molecular weight is 492 g/mol. The van der Waals surface area contributed by atoms with Crippen LogP contribution in [0.5, 0.6) is 5.88 Å². The minimum atomic E-state index is -4.45. The van der Waals surface area contributed by atoms with Crippen molar-refractivity contribution in [1.29, 1.82) is 0 Å². The summed E-state index contributed by atoms with van der Waals surface area (Å²) in [4.78, 5) is 16.3. The highest BCUT2D eigenvalue weighted by Gasteiger charge is 2.30. The second-order valence-electron chi connectivity index (χ2n) is 7.17. The van der Waals surface area contributed by atoms with Crippen molar-refractivity contribution in [3.8, 4) is 5.88 Å². The largest absolute Gasteiger partial charge is 0.420 e. The Morgan fingerprint density at radius 1 is 1.09 bits per heavy atom. The zero-order valence-corrected chi connectivity index (χ0v) is 18.5. The van der Waals surface area contributed by atoms with E-state index in [2.05, 4.69) is 10.3 Å². The highest BCUT2D eigenvalue weighted by Crippen LogP contribution is 2.30. The summed E-state index contributed by atoms with van der Waals surface area (Å²) in [5.41, 5.74) is 1.48. The summed E-state index contributed by atoms with van der Waals surface area (Å²) in [6, 6.07) is 14.0. The predicted octanol–water partition coefficient (Wildman–Crippen LogP) is 6.87. The number of anilines is 1. The van der Waals surface area contributed by atoms with Gasteiger partial charge >= 0.3 is 12.3 Å². The van der Waals surface area contributed by atoms with Crippen molar-refractivity contribution in [1.82, 2.24) is 9.55 Å². The molecule has 2 aromatic heterocycles. The summed E-state index contributed by atoms with van der Waals surface area (Å²) < 4.78 is 46.4. The lowest BCUT2D eigenvalue weighted by Gasteiger charge is -2.12. The van der Waals surface area contributed by atoms with Crippen LogP contribution in [0.25, 0.3) is 0 Å². The Labute approximate surface area is 196 Å². The first-order valence-electron chi connectivity index (χ1n) is 9.74. The van der Waals surface area contributed by atoms with Gasteiger partial charge in [0, 0.05) is 28.9 Å². The number of carbonyl (C=O) groups is 1. The lowest BCUT2D eigenvalue weighted by Crippen LogP contribution is -2.18. The molecule has 0 aliphatic carbocycles. The number of hydrogen-bond acceptors (Lipinski definition) is 4. The second kappa shape index (κ2) is 9.68. The van der Waals surface area contributed by atoms with Crippen LogP contribution in [0.1, 0.15) is 22.3 Å². The maximum atomic E-state index is 13.1. The van der Waals surface area contributed by atoms with E-state index in [1.807, 2.05) is 12.1 Å². The monoisotopic (exact) mass is 491 g/mol. The number of carbonyl (C=O) groups excluding carboxylic acids is 1. The summed E-state index contributed by atoms with van der Waals surface area (Å²) in [5, 5.41) is 5.22. The third-order valence-electron chi connectivity index (χ3n) is 4.68. The van der Waals surface area contributed by atoms with Crippen molar-refractivity contribution >= 4 is 34.2 Å². The highest BCUT2D eigenvalue weighted by molar-refractivity contribution is 7.13. The average Bonchev–Trinajstić information content (AvgIpc) is 3.39. The van der Waals surface area contributed by atoms with Crippen molar-refractivity contribution in [3.05, 3.63) is 99.6 Å². The first-order chi connectivity index (χ1) is 15.8. The van der Waals surface area contributed by atoms with Gasteiger partial charge in [0.25, 0.3) is 0 Å². The molecule has 0 radical (unpaired) electrons. The van der Waals surface area contributed by atoms with Gasteiger partial charge in [-0.2, -0.15) is 13.2 Å². The normalized spacial score (nSPS) is 11.4. The third kappa shape index (κ3) is 6.15. The van der Waals surface area contributed by atoms with Crippen LogP contribution in [0.4, 0.5) is 23.1 Å². The molecule has 0 atom stereocenters. The molecule has 0 spiro atoms. The van der Waals surface area contributed by atoms with Gasteiger partial charge in [0.05, 0.1) is 12.1 Å². The number of nitrogens with one attached hydrogen (secondary N) is 1. The quantitative estimate of drug-likeness (QED) is 0.320. The number of hydrogen-bond donors (Lipinski definition) is 1. The molecular weight excluding hydrogens is 475 g/mol. The first kappa shape index (κ1) is 22.9. The number of ether oxygens (including phenoxy) is 1. The molecule has 170 valence electrons. The number of amides is 1. The molecule has 4 rings (SSSR count). The Morgan fingerprint density at radius 2 is 1.88 bits per heavy atom. The molecule has 10 heteroatoms. The van der Waals surface area contributed by atoms with Gasteiger partial charge in [0.15, 0.2) is 5.13 Å². The van der Waals surface area contributed by atoms with Crippen LogP contribution in [0.15, 0.2) is 72.4 Å². The zero-order valence-electron chi connectivity index (χ0n) is 17.0. The molecule has 0 aliphatic heterocycles. The van der Waals surface area contributed by atoms with E-state index in [1.54, 1.807) is 46.6 Å². The molecule has 0 bridgehead atoms. The zero-order chi connectivity index (χ0) is 23.4. The van der Waals surface area contributed by atoms with Gasteiger partial charge in [-0.1, -0.05) is 35.9 Å².